The molecule has 1 aromatic heterocycles. The zero-order chi connectivity index (χ0) is 15.9. The fourth-order valence-electron chi connectivity index (χ4n) is 2.34. The molecule has 0 bridgehead atoms. The van der Waals surface area contributed by atoms with E-state index in [9.17, 15) is 4.79 Å². The second-order valence-corrected chi connectivity index (χ2v) is 5.37. The molecule has 23 heavy (non-hydrogen) atoms. The fourth-order valence-corrected chi connectivity index (χ4v) is 2.34. The number of hydrogen-bond acceptors (Lipinski definition) is 5. The minimum Gasteiger partial charge on any atom is -0.271 e. The van der Waals surface area contributed by atoms with E-state index in [4.69, 9.17) is 0 Å². The Kier molecular flexibility index (Phi) is 4.88. The molecule has 0 aliphatic heterocycles. The van der Waals surface area contributed by atoms with E-state index in [-0.39, 0.29) is 12.5 Å². The van der Waals surface area contributed by atoms with Crippen LogP contribution in [0.3, 0.4) is 0 Å². The number of hydrazone groups is 1. The number of nitrogens with one attached hydrogen (secondary N) is 1. The Bertz CT molecular complexity index is 706. The van der Waals surface area contributed by atoms with Crippen LogP contribution in [0.2, 0.25) is 0 Å². The van der Waals surface area contributed by atoms with Crippen molar-refractivity contribution >= 4 is 12.1 Å². The lowest BCUT2D eigenvalue weighted by Crippen LogP contribution is -2.25. The van der Waals surface area contributed by atoms with Crippen molar-refractivity contribution in [1.82, 2.24) is 25.6 Å². The van der Waals surface area contributed by atoms with Gasteiger partial charge in [0.1, 0.15) is 6.54 Å². The molecule has 118 valence electrons. The smallest absolute Gasteiger partial charge is 0.263 e. The van der Waals surface area contributed by atoms with Crippen LogP contribution < -0.4 is 5.43 Å². The van der Waals surface area contributed by atoms with Crippen molar-refractivity contribution in [3.05, 3.63) is 42.5 Å². The van der Waals surface area contributed by atoms with Crippen molar-refractivity contribution in [2.24, 2.45) is 11.0 Å². The number of hydrogen-bond donors (Lipinski definition) is 1. The minimum atomic E-state index is -0.274. The van der Waals surface area contributed by atoms with Crippen LogP contribution in [0.5, 0.6) is 0 Å². The summed E-state index contributed by atoms with van der Waals surface area (Å²) in [6.45, 7) is -0.0122. The van der Waals surface area contributed by atoms with E-state index < -0.39 is 0 Å². The second kappa shape index (κ2) is 7.44. The summed E-state index contributed by atoms with van der Waals surface area (Å²) >= 11 is 0. The number of benzene rings is 1. The van der Waals surface area contributed by atoms with Crippen molar-refractivity contribution < 1.29 is 4.79 Å². The predicted molar refractivity (Wildman–Crippen MR) is 86.4 cm³/mol. The average molecular weight is 310 g/mol. The van der Waals surface area contributed by atoms with Gasteiger partial charge in [-0.05, 0) is 30.4 Å². The van der Waals surface area contributed by atoms with Gasteiger partial charge in [0.2, 0.25) is 5.82 Å². The molecule has 7 heteroatoms. The average Bonchev–Trinajstić information content (AvgIpc) is 3.05. The molecule has 0 saturated carbocycles. The van der Waals surface area contributed by atoms with Crippen LogP contribution >= 0.6 is 0 Å². The molecule has 1 heterocycles. The molecule has 0 spiro atoms. The van der Waals surface area contributed by atoms with Gasteiger partial charge in [0.05, 0.1) is 0 Å². The summed E-state index contributed by atoms with van der Waals surface area (Å²) < 4.78 is 0. The van der Waals surface area contributed by atoms with Crippen LogP contribution in [0, 0.1) is 5.92 Å². The van der Waals surface area contributed by atoms with E-state index in [0.717, 1.165) is 24.8 Å². The standard InChI is InChI=1S/C16H18N6O/c23-15(18-17-11-13-7-3-1-4-8-13)12-22-20-16(19-21-22)14-9-5-2-6-10-14/h1-3,5-6,9-11,13H,4,7-8,12H2,(H,18,23)/b17-11-/t13-/m1/s1. The van der Waals surface area contributed by atoms with Crippen molar-refractivity contribution in [1.29, 1.82) is 0 Å². The van der Waals surface area contributed by atoms with Crippen LogP contribution in [0.15, 0.2) is 47.6 Å². The van der Waals surface area contributed by atoms with E-state index in [1.54, 1.807) is 6.21 Å². The van der Waals surface area contributed by atoms with Gasteiger partial charge >= 0.3 is 0 Å². The number of aromatic nitrogens is 4. The highest BCUT2D eigenvalue weighted by molar-refractivity contribution is 5.76. The number of nitrogens with zero attached hydrogens (tertiary/aromatic N) is 5. The largest absolute Gasteiger partial charge is 0.271 e. The highest BCUT2D eigenvalue weighted by Gasteiger charge is 2.09. The number of carbonyl (C=O) groups excluding carboxylic acids is 1. The molecule has 1 aliphatic rings. The van der Waals surface area contributed by atoms with E-state index in [1.807, 2.05) is 30.3 Å². The van der Waals surface area contributed by atoms with Crippen molar-refractivity contribution in [2.45, 2.75) is 25.8 Å². The quantitative estimate of drug-likeness (QED) is 0.518. The molecular weight excluding hydrogens is 292 g/mol. The molecule has 0 radical (unpaired) electrons. The molecule has 1 N–H and O–H groups in total. The molecule has 0 fully saturated rings. The zero-order valence-electron chi connectivity index (χ0n) is 12.7. The minimum absolute atomic E-state index is 0.0122. The summed E-state index contributed by atoms with van der Waals surface area (Å²) in [6.07, 6.45) is 9.22. The van der Waals surface area contributed by atoms with Crippen LogP contribution in [0.4, 0.5) is 0 Å². The van der Waals surface area contributed by atoms with E-state index in [1.165, 1.54) is 4.80 Å². The Morgan fingerprint density at radius 2 is 2.22 bits per heavy atom. The molecule has 0 saturated heterocycles. The molecule has 1 aromatic carbocycles. The summed E-state index contributed by atoms with van der Waals surface area (Å²) in [4.78, 5) is 13.1. The normalized spacial score (nSPS) is 17.5. The lowest BCUT2D eigenvalue weighted by molar-refractivity contribution is -0.122. The third kappa shape index (κ3) is 4.32. The first-order chi connectivity index (χ1) is 11.3. The van der Waals surface area contributed by atoms with E-state index >= 15 is 0 Å². The third-order valence-electron chi connectivity index (χ3n) is 3.55. The lowest BCUT2D eigenvalue weighted by atomic mass is 9.96. The maximum Gasteiger partial charge on any atom is 0.263 e. The Balaban J connectivity index is 1.51. The SMILES string of the molecule is O=C(Cn1nnc(-c2ccccc2)n1)N/N=C\[C@@H]1CC=CCC1. The fraction of sp³-hybridized carbons (Fsp3) is 0.312. The van der Waals surface area contributed by atoms with Crippen molar-refractivity contribution in [2.75, 3.05) is 0 Å². The van der Waals surface area contributed by atoms with E-state index in [0.29, 0.717) is 11.7 Å². The van der Waals surface area contributed by atoms with Gasteiger partial charge in [-0.15, -0.1) is 10.2 Å². The number of rotatable bonds is 5. The number of carbonyl (C=O) groups is 1. The maximum absolute atomic E-state index is 11.8. The van der Waals surface area contributed by atoms with Crippen LogP contribution in [0.1, 0.15) is 19.3 Å². The molecule has 1 aliphatic carbocycles. The second-order valence-electron chi connectivity index (χ2n) is 5.37. The Morgan fingerprint density at radius 3 is 3.00 bits per heavy atom. The summed E-state index contributed by atoms with van der Waals surface area (Å²) in [6, 6.07) is 9.51. The van der Waals surface area contributed by atoms with Crippen molar-refractivity contribution in [3.63, 3.8) is 0 Å². The predicted octanol–water partition coefficient (Wildman–Crippen LogP) is 1.80. The molecule has 0 unspecified atom stereocenters. The van der Waals surface area contributed by atoms with Gasteiger partial charge < -0.3 is 0 Å². The molecule has 1 amide bonds. The summed E-state index contributed by atoms with van der Waals surface area (Å²) in [5, 5.41) is 16.0. The van der Waals surface area contributed by atoms with Crippen LogP contribution in [0.25, 0.3) is 11.4 Å². The van der Waals surface area contributed by atoms with Crippen molar-refractivity contribution in [3.8, 4) is 11.4 Å². The van der Waals surface area contributed by atoms with Gasteiger partial charge in [-0.3, -0.25) is 4.79 Å². The molecule has 3 rings (SSSR count). The summed E-state index contributed by atoms with van der Waals surface area (Å²) in [5.74, 6) is 0.620. The number of amides is 1. The van der Waals surface area contributed by atoms with Gasteiger partial charge in [-0.25, -0.2) is 5.43 Å². The lowest BCUT2D eigenvalue weighted by Gasteiger charge is -2.11. The van der Waals surface area contributed by atoms with Crippen LogP contribution in [-0.2, 0) is 11.3 Å². The van der Waals surface area contributed by atoms with Gasteiger partial charge in [0, 0.05) is 11.8 Å². The maximum atomic E-state index is 11.8. The molecule has 2 aromatic rings. The topological polar surface area (TPSA) is 85.1 Å². The molecule has 7 nitrogen and oxygen atoms in total. The van der Waals surface area contributed by atoms with E-state index in [2.05, 4.69) is 38.1 Å². The number of allylic oxidation sites excluding steroid dienone is 2. The first kappa shape index (κ1) is 15.1. The summed E-state index contributed by atoms with van der Waals surface area (Å²) in [5.41, 5.74) is 3.37. The first-order valence-corrected chi connectivity index (χ1v) is 7.61. The third-order valence-corrected chi connectivity index (χ3v) is 3.55. The Labute approximate surface area is 134 Å². The summed E-state index contributed by atoms with van der Waals surface area (Å²) in [7, 11) is 0. The van der Waals surface area contributed by atoms with Gasteiger partial charge in [0.25, 0.3) is 5.91 Å². The zero-order valence-corrected chi connectivity index (χ0v) is 12.7. The first-order valence-electron chi connectivity index (χ1n) is 7.61. The van der Waals surface area contributed by atoms with Gasteiger partial charge in [-0.1, -0.05) is 42.5 Å². The molecule has 1 atom stereocenters. The Morgan fingerprint density at radius 1 is 1.35 bits per heavy atom. The highest BCUT2D eigenvalue weighted by Crippen LogP contribution is 2.15. The number of tetrazole rings is 1. The monoisotopic (exact) mass is 310 g/mol. The molecular formula is C16H18N6O. The Hall–Kier alpha value is -2.83. The van der Waals surface area contributed by atoms with Gasteiger partial charge in [0.15, 0.2) is 0 Å². The van der Waals surface area contributed by atoms with Gasteiger partial charge in [-0.2, -0.15) is 9.90 Å². The van der Waals surface area contributed by atoms with Crippen LogP contribution in [-0.4, -0.2) is 32.3 Å². The highest BCUT2D eigenvalue weighted by atomic mass is 16.2.